The molecule has 5 heteroatoms. The van der Waals surface area contributed by atoms with Crippen molar-refractivity contribution in [1.82, 2.24) is 15.1 Å². The van der Waals surface area contributed by atoms with E-state index in [4.69, 9.17) is 4.74 Å². The van der Waals surface area contributed by atoms with Gasteiger partial charge in [-0.1, -0.05) is 42.5 Å². The van der Waals surface area contributed by atoms with Crippen LogP contribution in [0.25, 0.3) is 0 Å². The van der Waals surface area contributed by atoms with Crippen molar-refractivity contribution >= 4 is 6.03 Å². The Morgan fingerprint density at radius 3 is 2.33 bits per heavy atom. The monoisotopic (exact) mass is 367 g/mol. The van der Waals surface area contributed by atoms with Crippen molar-refractivity contribution in [3.8, 4) is 5.75 Å². The van der Waals surface area contributed by atoms with E-state index in [0.29, 0.717) is 6.54 Å². The zero-order valence-corrected chi connectivity index (χ0v) is 16.1. The van der Waals surface area contributed by atoms with Gasteiger partial charge >= 0.3 is 6.03 Å². The predicted octanol–water partition coefficient (Wildman–Crippen LogP) is 3.16. The molecule has 2 amide bonds. The molecule has 0 saturated carbocycles. The molecule has 2 aromatic carbocycles. The normalized spacial score (nSPS) is 14.8. The lowest BCUT2D eigenvalue weighted by molar-refractivity contribution is 0.138. The van der Waals surface area contributed by atoms with Crippen LogP contribution in [0.15, 0.2) is 54.6 Å². The van der Waals surface area contributed by atoms with Crippen LogP contribution in [0.2, 0.25) is 0 Å². The third-order valence-corrected chi connectivity index (χ3v) is 5.04. The molecule has 3 rings (SSSR count). The molecule has 1 aliphatic rings. The summed E-state index contributed by atoms with van der Waals surface area (Å²) in [5, 5.41) is 3.02. The van der Waals surface area contributed by atoms with Crippen LogP contribution >= 0.6 is 0 Å². The Morgan fingerprint density at radius 2 is 1.67 bits per heavy atom. The van der Waals surface area contributed by atoms with Gasteiger partial charge in [0.1, 0.15) is 5.75 Å². The van der Waals surface area contributed by atoms with Crippen molar-refractivity contribution < 1.29 is 9.53 Å². The minimum atomic E-state index is 0.0386. The number of urea groups is 1. The Kier molecular flexibility index (Phi) is 7.11. The van der Waals surface area contributed by atoms with Crippen molar-refractivity contribution in [2.24, 2.45) is 0 Å². The van der Waals surface area contributed by atoms with Gasteiger partial charge in [0, 0.05) is 32.7 Å². The fraction of sp³-hybridized carbons (Fsp3) is 0.409. The Labute approximate surface area is 161 Å². The zero-order chi connectivity index (χ0) is 18.9. The average molecular weight is 367 g/mol. The van der Waals surface area contributed by atoms with Gasteiger partial charge in [-0.25, -0.2) is 4.79 Å². The molecular formula is C22H29N3O2. The molecule has 1 fully saturated rings. The summed E-state index contributed by atoms with van der Waals surface area (Å²) >= 11 is 0. The quantitative estimate of drug-likeness (QED) is 0.818. The van der Waals surface area contributed by atoms with E-state index < -0.39 is 0 Å². The van der Waals surface area contributed by atoms with Crippen molar-refractivity contribution in [2.45, 2.75) is 19.4 Å². The summed E-state index contributed by atoms with van der Waals surface area (Å²) in [5.74, 6) is 0.903. The van der Waals surface area contributed by atoms with Crippen LogP contribution in [0.1, 0.15) is 17.5 Å². The molecule has 0 aromatic heterocycles. The Balaban J connectivity index is 1.32. The SMILES string of the molecule is COc1ccc(CCCN2CCN(C(=O)NCc3ccccc3)CC2)cc1. The summed E-state index contributed by atoms with van der Waals surface area (Å²) in [7, 11) is 1.69. The Morgan fingerprint density at radius 1 is 0.963 bits per heavy atom. The van der Waals surface area contributed by atoms with E-state index in [1.165, 1.54) is 5.56 Å². The lowest BCUT2D eigenvalue weighted by Gasteiger charge is -2.34. The molecule has 1 heterocycles. The number of rotatable bonds is 7. The van der Waals surface area contributed by atoms with Gasteiger partial charge in [-0.05, 0) is 42.6 Å². The molecule has 5 nitrogen and oxygen atoms in total. The molecule has 2 aromatic rings. The maximum atomic E-state index is 12.3. The van der Waals surface area contributed by atoms with E-state index in [1.54, 1.807) is 7.11 Å². The number of amides is 2. The fourth-order valence-corrected chi connectivity index (χ4v) is 3.36. The molecule has 0 aliphatic carbocycles. The molecule has 0 atom stereocenters. The maximum absolute atomic E-state index is 12.3. The van der Waals surface area contributed by atoms with Crippen LogP contribution in [-0.4, -0.2) is 55.7 Å². The highest BCUT2D eigenvalue weighted by Gasteiger charge is 2.20. The highest BCUT2D eigenvalue weighted by Crippen LogP contribution is 2.13. The number of nitrogens with one attached hydrogen (secondary N) is 1. The summed E-state index contributed by atoms with van der Waals surface area (Å²) in [6.07, 6.45) is 2.20. The number of benzene rings is 2. The van der Waals surface area contributed by atoms with Gasteiger partial charge in [-0.15, -0.1) is 0 Å². The zero-order valence-electron chi connectivity index (χ0n) is 16.1. The van der Waals surface area contributed by atoms with E-state index in [-0.39, 0.29) is 6.03 Å². The van der Waals surface area contributed by atoms with Gasteiger partial charge in [-0.3, -0.25) is 4.90 Å². The number of piperazine rings is 1. The van der Waals surface area contributed by atoms with Crippen LogP contribution in [0.4, 0.5) is 4.79 Å². The number of methoxy groups -OCH3 is 1. The lowest BCUT2D eigenvalue weighted by atomic mass is 10.1. The molecule has 0 bridgehead atoms. The average Bonchev–Trinajstić information content (AvgIpc) is 2.74. The first-order chi connectivity index (χ1) is 13.2. The molecule has 0 radical (unpaired) electrons. The maximum Gasteiger partial charge on any atom is 0.317 e. The van der Waals surface area contributed by atoms with E-state index >= 15 is 0 Å². The molecule has 0 unspecified atom stereocenters. The second kappa shape index (κ2) is 9.97. The van der Waals surface area contributed by atoms with Crippen molar-refractivity contribution in [1.29, 1.82) is 0 Å². The molecule has 144 valence electrons. The summed E-state index contributed by atoms with van der Waals surface area (Å²) in [4.78, 5) is 16.7. The molecule has 1 saturated heterocycles. The van der Waals surface area contributed by atoms with Gasteiger partial charge in [0.05, 0.1) is 7.11 Å². The second-order valence-electron chi connectivity index (χ2n) is 6.92. The summed E-state index contributed by atoms with van der Waals surface area (Å²) in [6, 6.07) is 18.4. The molecule has 0 spiro atoms. The van der Waals surface area contributed by atoms with E-state index in [0.717, 1.165) is 56.9 Å². The number of aryl methyl sites for hydroxylation is 1. The molecule has 1 aliphatic heterocycles. The van der Waals surface area contributed by atoms with Crippen LogP contribution in [0.3, 0.4) is 0 Å². The Hall–Kier alpha value is -2.53. The highest BCUT2D eigenvalue weighted by molar-refractivity contribution is 5.74. The van der Waals surface area contributed by atoms with Gasteiger partial charge < -0.3 is 15.0 Å². The highest BCUT2D eigenvalue weighted by atomic mass is 16.5. The number of hydrogen-bond acceptors (Lipinski definition) is 3. The van der Waals surface area contributed by atoms with Crippen LogP contribution in [0, 0.1) is 0 Å². The van der Waals surface area contributed by atoms with E-state index in [9.17, 15) is 4.79 Å². The number of hydrogen-bond donors (Lipinski definition) is 1. The van der Waals surface area contributed by atoms with Crippen LogP contribution in [-0.2, 0) is 13.0 Å². The number of carbonyl (C=O) groups is 1. The molecule has 1 N–H and O–H groups in total. The van der Waals surface area contributed by atoms with E-state index in [1.807, 2.05) is 47.4 Å². The predicted molar refractivity (Wildman–Crippen MR) is 108 cm³/mol. The van der Waals surface area contributed by atoms with Gasteiger partial charge in [0.2, 0.25) is 0 Å². The first kappa shape index (κ1) is 19.2. The van der Waals surface area contributed by atoms with E-state index in [2.05, 4.69) is 22.3 Å². The summed E-state index contributed by atoms with van der Waals surface area (Å²) in [5.41, 5.74) is 2.47. The van der Waals surface area contributed by atoms with Crippen molar-refractivity contribution in [3.05, 3.63) is 65.7 Å². The largest absolute Gasteiger partial charge is 0.497 e. The molecule has 27 heavy (non-hydrogen) atoms. The summed E-state index contributed by atoms with van der Waals surface area (Å²) < 4.78 is 5.20. The van der Waals surface area contributed by atoms with Crippen molar-refractivity contribution in [2.75, 3.05) is 39.8 Å². The third kappa shape index (κ3) is 6.00. The lowest BCUT2D eigenvalue weighted by Crippen LogP contribution is -2.51. The van der Waals surface area contributed by atoms with Crippen molar-refractivity contribution in [3.63, 3.8) is 0 Å². The number of ether oxygens (including phenoxy) is 1. The minimum Gasteiger partial charge on any atom is -0.497 e. The van der Waals surface area contributed by atoms with Gasteiger partial charge in [-0.2, -0.15) is 0 Å². The second-order valence-corrected chi connectivity index (χ2v) is 6.92. The van der Waals surface area contributed by atoms with Crippen LogP contribution < -0.4 is 10.1 Å². The number of nitrogens with zero attached hydrogens (tertiary/aromatic N) is 2. The topological polar surface area (TPSA) is 44.8 Å². The third-order valence-electron chi connectivity index (χ3n) is 5.04. The first-order valence-corrected chi connectivity index (χ1v) is 9.66. The summed E-state index contributed by atoms with van der Waals surface area (Å²) in [6.45, 7) is 5.14. The first-order valence-electron chi connectivity index (χ1n) is 9.66. The molecular weight excluding hydrogens is 338 g/mol. The number of carbonyl (C=O) groups excluding carboxylic acids is 1. The fourth-order valence-electron chi connectivity index (χ4n) is 3.36. The minimum absolute atomic E-state index is 0.0386. The van der Waals surface area contributed by atoms with Gasteiger partial charge in [0.15, 0.2) is 0 Å². The standard InChI is InChI=1S/C22H29N3O2/c1-27-21-11-9-19(10-12-21)8-5-13-24-14-16-25(17-15-24)22(26)23-18-20-6-3-2-4-7-20/h2-4,6-7,9-12H,5,8,13-18H2,1H3,(H,23,26). The Bertz CT molecular complexity index is 695. The van der Waals surface area contributed by atoms with Gasteiger partial charge in [0.25, 0.3) is 0 Å². The smallest absolute Gasteiger partial charge is 0.317 e. The van der Waals surface area contributed by atoms with Crippen LogP contribution in [0.5, 0.6) is 5.75 Å².